The molecule has 0 aromatic carbocycles. The molecule has 0 saturated heterocycles. The fourth-order valence-electron chi connectivity index (χ4n) is 3.36. The quantitative estimate of drug-likeness (QED) is 0.186. The second kappa shape index (κ2) is 13.3. The van der Waals surface area contributed by atoms with Gasteiger partial charge in [0.15, 0.2) is 6.29 Å². The van der Waals surface area contributed by atoms with Gasteiger partial charge < -0.3 is 41.2 Å². The lowest BCUT2D eigenvalue weighted by Gasteiger charge is -2.39. The predicted octanol–water partition coefficient (Wildman–Crippen LogP) is 0.970. The Kier molecular flexibility index (Phi) is 13.1. The maximum Gasteiger partial charge on any atom is 0.181 e. The van der Waals surface area contributed by atoms with Gasteiger partial charge in [-0.1, -0.05) is 0 Å². The van der Waals surface area contributed by atoms with Gasteiger partial charge in [-0.2, -0.15) is 0 Å². The van der Waals surface area contributed by atoms with Crippen LogP contribution in [0.3, 0.4) is 0 Å². The predicted molar refractivity (Wildman–Crippen MR) is 121 cm³/mol. The summed E-state index contributed by atoms with van der Waals surface area (Å²) in [5.41, 5.74) is 4.37. The van der Waals surface area contributed by atoms with Crippen molar-refractivity contribution >= 4 is 0 Å². The fraction of sp³-hybridized carbons (Fsp3) is 1.00. The molecule has 0 aliphatic carbocycles. The Morgan fingerprint density at radius 1 is 0.867 bits per heavy atom. The molecule has 0 heterocycles. The molecule has 0 aromatic rings. The van der Waals surface area contributed by atoms with E-state index in [0.29, 0.717) is 13.1 Å². The van der Waals surface area contributed by atoms with Crippen molar-refractivity contribution in [3.05, 3.63) is 0 Å². The van der Waals surface area contributed by atoms with E-state index in [1.54, 1.807) is 13.8 Å². The molecule has 0 fully saturated rings. The van der Waals surface area contributed by atoms with Crippen molar-refractivity contribution in [1.82, 2.24) is 10.6 Å². The number of nitrogens with one attached hydrogen (secondary N) is 2. The maximum atomic E-state index is 10.7. The molecule has 0 aliphatic rings. The molecule has 0 rings (SSSR count). The van der Waals surface area contributed by atoms with Gasteiger partial charge in [-0.15, -0.1) is 0 Å². The van der Waals surface area contributed by atoms with Crippen LogP contribution in [0.25, 0.3) is 0 Å². The highest BCUT2D eigenvalue weighted by atomic mass is 16.7. The second-order valence-corrected chi connectivity index (χ2v) is 10.3. The van der Waals surface area contributed by atoms with Gasteiger partial charge in [0, 0.05) is 23.5 Å². The van der Waals surface area contributed by atoms with Gasteiger partial charge >= 0.3 is 0 Å². The molecule has 0 aromatic heterocycles. The lowest BCUT2D eigenvalue weighted by Crippen LogP contribution is -2.54. The van der Waals surface area contributed by atoms with Crippen LogP contribution in [-0.4, -0.2) is 83.3 Å². The zero-order valence-corrected chi connectivity index (χ0v) is 20.5. The average molecular weight is 436 g/mol. The molecule has 0 amide bonds. The molecule has 0 aliphatic heterocycles. The number of hydrogen-bond acceptors (Lipinski definition) is 8. The first-order valence-electron chi connectivity index (χ1n) is 11.1. The van der Waals surface area contributed by atoms with Crippen LogP contribution in [-0.2, 0) is 9.47 Å². The Morgan fingerprint density at radius 3 is 1.87 bits per heavy atom. The van der Waals surface area contributed by atoms with E-state index in [1.807, 2.05) is 13.8 Å². The minimum atomic E-state index is -1.10. The molecule has 30 heavy (non-hydrogen) atoms. The summed E-state index contributed by atoms with van der Waals surface area (Å²) in [5, 5.41) is 37.2. The van der Waals surface area contributed by atoms with Crippen molar-refractivity contribution in [2.45, 2.75) is 103 Å². The van der Waals surface area contributed by atoms with E-state index in [1.165, 1.54) is 0 Å². The maximum absolute atomic E-state index is 10.7. The normalized spacial score (nSPS) is 16.7. The van der Waals surface area contributed by atoms with Crippen LogP contribution < -0.4 is 16.4 Å². The van der Waals surface area contributed by atoms with Crippen LogP contribution in [0.4, 0.5) is 0 Å². The van der Waals surface area contributed by atoms with Gasteiger partial charge in [-0.25, -0.2) is 0 Å². The standard InChI is InChI=1S/C22H49N3O5/c1-16(2)29-19(15-27)30-18(14-26)17(22(7,8)28)13-25-21(5,6)10-12-24-20(3,4)9-11-23/h16-19,24-28H,9-15,23H2,1-8H3. The molecular formula is C22H49N3O5. The van der Waals surface area contributed by atoms with Crippen molar-refractivity contribution in [3.63, 3.8) is 0 Å². The summed E-state index contributed by atoms with van der Waals surface area (Å²) >= 11 is 0. The molecule has 8 heteroatoms. The Bertz CT molecular complexity index is 453. The van der Waals surface area contributed by atoms with Crippen LogP contribution in [0, 0.1) is 5.92 Å². The Balaban J connectivity index is 4.99. The molecule has 7 N–H and O–H groups in total. The molecule has 0 bridgehead atoms. The average Bonchev–Trinajstić information content (AvgIpc) is 2.57. The lowest BCUT2D eigenvalue weighted by atomic mass is 9.85. The largest absolute Gasteiger partial charge is 0.394 e. The summed E-state index contributed by atoms with van der Waals surface area (Å²) in [6, 6.07) is 0. The number of aliphatic hydroxyl groups is 3. The molecule has 0 saturated carbocycles. The molecule has 0 spiro atoms. The SMILES string of the molecule is CC(C)OC(CO)OC(CO)C(CNC(C)(C)CCNC(C)(C)CCN)C(C)(C)O. The summed E-state index contributed by atoms with van der Waals surface area (Å²) in [6.07, 6.45) is 0.108. The zero-order valence-electron chi connectivity index (χ0n) is 20.5. The monoisotopic (exact) mass is 435 g/mol. The minimum absolute atomic E-state index is 0.00794. The van der Waals surface area contributed by atoms with Crippen molar-refractivity contribution in [2.24, 2.45) is 11.7 Å². The van der Waals surface area contributed by atoms with E-state index in [9.17, 15) is 15.3 Å². The smallest absolute Gasteiger partial charge is 0.181 e. The first kappa shape index (κ1) is 29.7. The number of ether oxygens (including phenoxy) is 2. The van der Waals surface area contributed by atoms with Gasteiger partial charge in [0.25, 0.3) is 0 Å². The first-order chi connectivity index (χ1) is 13.7. The van der Waals surface area contributed by atoms with E-state index in [-0.39, 0.29) is 30.4 Å². The van der Waals surface area contributed by atoms with Gasteiger partial charge in [0.1, 0.15) is 0 Å². The highest BCUT2D eigenvalue weighted by molar-refractivity contribution is 4.90. The topological polar surface area (TPSA) is 129 Å². The fourth-order valence-corrected chi connectivity index (χ4v) is 3.36. The summed E-state index contributed by atoms with van der Waals surface area (Å²) < 4.78 is 11.4. The van der Waals surface area contributed by atoms with Gasteiger partial charge in [-0.05, 0) is 81.3 Å². The molecule has 3 atom stereocenters. The highest BCUT2D eigenvalue weighted by Gasteiger charge is 2.37. The lowest BCUT2D eigenvalue weighted by molar-refractivity contribution is -0.230. The third kappa shape index (κ3) is 12.5. The van der Waals surface area contributed by atoms with Crippen LogP contribution in [0.5, 0.6) is 0 Å². The molecule has 8 nitrogen and oxygen atoms in total. The Hall–Kier alpha value is -0.320. The Labute approximate surface area is 183 Å². The number of rotatable bonds is 17. The molecule has 182 valence electrons. The summed E-state index contributed by atoms with van der Waals surface area (Å²) in [6.45, 7) is 16.9. The van der Waals surface area contributed by atoms with Crippen molar-refractivity contribution in [1.29, 1.82) is 0 Å². The van der Waals surface area contributed by atoms with E-state index >= 15 is 0 Å². The molecular weight excluding hydrogens is 386 g/mol. The second-order valence-electron chi connectivity index (χ2n) is 10.3. The summed E-state index contributed by atoms with van der Waals surface area (Å²) in [4.78, 5) is 0. The third-order valence-electron chi connectivity index (χ3n) is 5.36. The van der Waals surface area contributed by atoms with E-state index in [4.69, 9.17) is 15.2 Å². The first-order valence-corrected chi connectivity index (χ1v) is 11.1. The van der Waals surface area contributed by atoms with E-state index in [2.05, 4.69) is 38.3 Å². The van der Waals surface area contributed by atoms with Crippen molar-refractivity contribution < 1.29 is 24.8 Å². The van der Waals surface area contributed by atoms with Crippen LogP contribution in [0.1, 0.15) is 68.2 Å². The third-order valence-corrected chi connectivity index (χ3v) is 5.36. The number of nitrogens with two attached hydrogens (primary N) is 1. The van der Waals surface area contributed by atoms with E-state index < -0.39 is 23.9 Å². The van der Waals surface area contributed by atoms with Gasteiger partial charge in [0.05, 0.1) is 31.0 Å². The van der Waals surface area contributed by atoms with Crippen LogP contribution in [0.15, 0.2) is 0 Å². The van der Waals surface area contributed by atoms with Crippen LogP contribution in [0.2, 0.25) is 0 Å². The number of aliphatic hydroxyl groups excluding tert-OH is 2. The van der Waals surface area contributed by atoms with Crippen molar-refractivity contribution in [3.8, 4) is 0 Å². The Morgan fingerprint density at radius 2 is 1.43 bits per heavy atom. The highest BCUT2D eigenvalue weighted by Crippen LogP contribution is 2.25. The molecule has 0 radical (unpaired) electrons. The summed E-state index contributed by atoms with van der Waals surface area (Å²) in [5.74, 6) is -0.409. The van der Waals surface area contributed by atoms with Crippen LogP contribution >= 0.6 is 0 Å². The summed E-state index contributed by atoms with van der Waals surface area (Å²) in [7, 11) is 0. The van der Waals surface area contributed by atoms with E-state index in [0.717, 1.165) is 19.4 Å². The minimum Gasteiger partial charge on any atom is -0.394 e. The van der Waals surface area contributed by atoms with Gasteiger partial charge in [0.2, 0.25) is 0 Å². The van der Waals surface area contributed by atoms with Gasteiger partial charge in [-0.3, -0.25) is 0 Å². The molecule has 3 unspecified atom stereocenters. The number of hydrogen-bond donors (Lipinski definition) is 6. The van der Waals surface area contributed by atoms with Crippen molar-refractivity contribution in [2.75, 3.05) is 32.8 Å². The zero-order chi connectivity index (χ0) is 23.6.